The summed E-state index contributed by atoms with van der Waals surface area (Å²) in [7, 11) is -0.972. The molecule has 4 aromatic rings. The molecule has 0 fully saturated rings. The molecule has 3 heterocycles. The van der Waals surface area contributed by atoms with Crippen LogP contribution in [0, 0.1) is 0 Å². The summed E-state index contributed by atoms with van der Waals surface area (Å²) < 4.78 is 0. The molecule has 1 aliphatic carbocycles. The SMILES string of the molecule is CC(C)c1cc2c(-c3ccccc3)cccc2[cH-]1.CC1=C2c3sccc3C1[Si]2(C)C.[Cl-].[Cl-].[Zr+3]. The van der Waals surface area contributed by atoms with E-state index in [1.165, 1.54) is 27.5 Å². The predicted molar refractivity (Wildman–Crippen MR) is 136 cm³/mol. The Morgan fingerprint density at radius 3 is 2.24 bits per heavy atom. The molecule has 1 aromatic heterocycles. The van der Waals surface area contributed by atoms with Crippen molar-refractivity contribution in [2.45, 2.75) is 45.3 Å². The van der Waals surface area contributed by atoms with E-state index in [-0.39, 0.29) is 51.0 Å². The molecule has 169 valence electrons. The molecule has 7 rings (SSSR count). The largest absolute Gasteiger partial charge is 3.00 e. The van der Waals surface area contributed by atoms with E-state index in [9.17, 15) is 0 Å². The predicted octanol–water partition coefficient (Wildman–Crippen LogP) is 2.77. The van der Waals surface area contributed by atoms with Gasteiger partial charge < -0.3 is 24.8 Å². The molecule has 0 spiro atoms. The van der Waals surface area contributed by atoms with Crippen molar-refractivity contribution < 1.29 is 51.0 Å². The molecule has 0 nitrogen and oxygen atoms in total. The Hall–Kier alpha value is -0.830. The van der Waals surface area contributed by atoms with Crippen LogP contribution in [0.15, 0.2) is 77.7 Å². The van der Waals surface area contributed by atoms with Crippen molar-refractivity contribution in [1.82, 2.24) is 0 Å². The maximum atomic E-state index is 2.51. The zero-order valence-electron chi connectivity index (χ0n) is 19.7. The molecule has 0 saturated heterocycles. The molecule has 33 heavy (non-hydrogen) atoms. The molecule has 3 aromatic carbocycles. The van der Waals surface area contributed by atoms with E-state index >= 15 is 0 Å². The van der Waals surface area contributed by atoms with Gasteiger partial charge in [0.2, 0.25) is 0 Å². The quantitative estimate of drug-likeness (QED) is 0.250. The van der Waals surface area contributed by atoms with E-state index in [0.29, 0.717) is 5.92 Å². The van der Waals surface area contributed by atoms with E-state index in [1.807, 2.05) is 11.3 Å². The average Bonchev–Trinajstić information content (AvgIpc) is 3.45. The molecule has 2 bridgehead atoms. The van der Waals surface area contributed by atoms with Crippen LogP contribution >= 0.6 is 11.3 Å². The van der Waals surface area contributed by atoms with Crippen molar-refractivity contribution >= 4 is 35.4 Å². The van der Waals surface area contributed by atoms with Gasteiger partial charge in [-0.1, -0.05) is 74.5 Å². The summed E-state index contributed by atoms with van der Waals surface area (Å²) in [5, 5.41) is 6.73. The van der Waals surface area contributed by atoms with Crippen molar-refractivity contribution in [3.63, 3.8) is 0 Å². The van der Waals surface area contributed by atoms with E-state index in [0.717, 1.165) is 5.54 Å². The molecule has 0 saturated carbocycles. The zero-order chi connectivity index (χ0) is 21.0. The molecule has 1 radical (unpaired) electrons. The smallest absolute Gasteiger partial charge is 1.00 e. The number of benzene rings is 2. The van der Waals surface area contributed by atoms with Crippen molar-refractivity contribution in [1.29, 1.82) is 0 Å². The monoisotopic (exact) mass is 585 g/mol. The summed E-state index contributed by atoms with van der Waals surface area (Å²) in [5.74, 6) is 0.584. The standard InChI is InChI=1S/C18H17.C10H12SSi.2ClH.Zr/c1-13(2)16-11-15-9-6-10-17(18(15)12-16)14-7-4-3-5-8-14;1-6-9-7-4-5-11-8(7)10(6)12(9,2)3;;;/h3-13H,1-2H3;4-5,9H,1-3H3;2*1H;/q-1;;;;+3/p-2. The maximum absolute atomic E-state index is 2.51. The Bertz CT molecular complexity index is 1270. The number of hydrogen-bond acceptors (Lipinski definition) is 1. The number of fused-ring (bicyclic) bond motifs is 1. The van der Waals surface area contributed by atoms with Crippen LogP contribution < -0.4 is 24.8 Å². The first-order chi connectivity index (χ1) is 14.4. The molecule has 0 N–H and O–H groups in total. The molecule has 2 aliphatic heterocycles. The Kier molecular flexibility index (Phi) is 9.33. The number of hydrogen-bond donors (Lipinski definition) is 0. The van der Waals surface area contributed by atoms with E-state index in [2.05, 4.69) is 106 Å². The number of halogens is 2. The second kappa shape index (κ2) is 10.8. The minimum absolute atomic E-state index is 0. The van der Waals surface area contributed by atoms with Crippen molar-refractivity contribution in [2.24, 2.45) is 0 Å². The fourth-order valence-corrected chi connectivity index (χ4v) is 11.8. The Morgan fingerprint density at radius 1 is 0.939 bits per heavy atom. The molecule has 1 unspecified atom stereocenters. The first kappa shape index (κ1) is 28.4. The summed E-state index contributed by atoms with van der Waals surface area (Å²) >= 11 is 1.94. The van der Waals surface area contributed by atoms with Gasteiger partial charge in [-0.15, -0.1) is 45.9 Å². The summed E-state index contributed by atoms with van der Waals surface area (Å²) in [6, 6.07) is 24.2. The average molecular weight is 588 g/mol. The third-order valence-corrected chi connectivity index (χ3v) is 12.2. The minimum Gasteiger partial charge on any atom is -1.00 e. The fourth-order valence-electron chi connectivity index (χ4n) is 5.56. The second-order valence-electron chi connectivity index (χ2n) is 9.54. The number of thiophene rings is 1. The first-order valence-corrected chi connectivity index (χ1v) is 14.9. The van der Waals surface area contributed by atoms with Crippen LogP contribution in [0.5, 0.6) is 0 Å². The van der Waals surface area contributed by atoms with Gasteiger partial charge in [0.15, 0.2) is 0 Å². The van der Waals surface area contributed by atoms with E-state index in [4.69, 9.17) is 0 Å². The van der Waals surface area contributed by atoms with Crippen molar-refractivity contribution in [2.75, 3.05) is 0 Å². The van der Waals surface area contributed by atoms with Crippen LogP contribution in [-0.2, 0) is 26.2 Å². The Balaban J connectivity index is 0.000000227. The molecule has 0 amide bonds. The summed E-state index contributed by atoms with van der Waals surface area (Å²) in [6.45, 7) is 11.8. The van der Waals surface area contributed by atoms with Crippen LogP contribution in [0.1, 0.15) is 48.2 Å². The van der Waals surface area contributed by atoms with Crippen LogP contribution in [0.2, 0.25) is 13.1 Å². The number of rotatable bonds is 2. The molecular weight excluding hydrogens is 559 g/mol. The van der Waals surface area contributed by atoms with Crippen LogP contribution in [-0.4, -0.2) is 8.07 Å². The minimum atomic E-state index is -0.972. The van der Waals surface area contributed by atoms with Gasteiger partial charge in [-0.3, -0.25) is 0 Å². The van der Waals surface area contributed by atoms with E-state index in [1.54, 1.807) is 21.2 Å². The van der Waals surface area contributed by atoms with Crippen LogP contribution in [0.4, 0.5) is 0 Å². The Morgan fingerprint density at radius 2 is 1.64 bits per heavy atom. The van der Waals surface area contributed by atoms with Crippen LogP contribution in [0.25, 0.3) is 27.1 Å². The van der Waals surface area contributed by atoms with Crippen molar-refractivity contribution in [3.8, 4) is 11.1 Å². The van der Waals surface area contributed by atoms with Crippen LogP contribution in [0.3, 0.4) is 0 Å². The van der Waals surface area contributed by atoms with Gasteiger partial charge in [-0.25, -0.2) is 0 Å². The van der Waals surface area contributed by atoms with E-state index < -0.39 is 8.07 Å². The summed E-state index contributed by atoms with van der Waals surface area (Å²) in [4.78, 5) is 1.63. The van der Waals surface area contributed by atoms with Gasteiger partial charge >= 0.3 is 26.2 Å². The number of allylic oxidation sites excluding steroid dienone is 1. The van der Waals surface area contributed by atoms with Gasteiger partial charge in [-0.2, -0.15) is 6.07 Å². The molecule has 5 heteroatoms. The molecule has 1 atom stereocenters. The zero-order valence-corrected chi connectivity index (χ0v) is 25.5. The van der Waals surface area contributed by atoms with Gasteiger partial charge in [0.25, 0.3) is 0 Å². The van der Waals surface area contributed by atoms with Gasteiger partial charge in [0.05, 0.1) is 8.07 Å². The summed E-state index contributed by atoms with van der Waals surface area (Å²) in [5.41, 5.74) is 8.28. The van der Waals surface area contributed by atoms with Gasteiger partial charge in [0, 0.05) is 10.4 Å². The first-order valence-electron chi connectivity index (χ1n) is 10.9. The normalized spacial score (nSPS) is 16.6. The Labute approximate surface area is 234 Å². The molecular formula is C28H29Cl2SSiZr. The maximum Gasteiger partial charge on any atom is 3.00 e. The van der Waals surface area contributed by atoms with Gasteiger partial charge in [0.1, 0.15) is 0 Å². The topological polar surface area (TPSA) is 0 Å². The second-order valence-corrected chi connectivity index (χ2v) is 15.0. The fraction of sp³-hybridized carbons (Fsp3) is 0.250. The van der Waals surface area contributed by atoms with Crippen molar-refractivity contribution in [3.05, 3.63) is 93.7 Å². The van der Waals surface area contributed by atoms with Gasteiger partial charge in [-0.05, 0) is 40.6 Å². The summed E-state index contributed by atoms with van der Waals surface area (Å²) in [6.07, 6.45) is 0. The third-order valence-electron chi connectivity index (χ3n) is 6.95. The third kappa shape index (κ3) is 4.69. The molecule has 3 aliphatic rings.